The average molecular weight is 369 g/mol. The van der Waals surface area contributed by atoms with Gasteiger partial charge in [0.25, 0.3) is 0 Å². The van der Waals surface area contributed by atoms with Crippen molar-refractivity contribution < 1.29 is 28.5 Å². The standard InChI is InChI=1S/C20H19NO6/c1-21(2)20(23)26-14-7-8-15-17(11-14)27-18(19(15)22)9-12-5-6-13(24-3)10-16(12)25-4/h5-11H,1-4H3. The van der Waals surface area contributed by atoms with Crippen LogP contribution in [0.1, 0.15) is 15.9 Å². The molecule has 0 radical (unpaired) electrons. The van der Waals surface area contributed by atoms with Gasteiger partial charge in [-0.3, -0.25) is 4.79 Å². The van der Waals surface area contributed by atoms with Gasteiger partial charge in [-0.15, -0.1) is 0 Å². The van der Waals surface area contributed by atoms with E-state index in [9.17, 15) is 9.59 Å². The largest absolute Gasteiger partial charge is 0.497 e. The molecule has 7 heteroatoms. The second-order valence-electron chi connectivity index (χ2n) is 5.97. The van der Waals surface area contributed by atoms with Gasteiger partial charge in [0.15, 0.2) is 5.76 Å². The lowest BCUT2D eigenvalue weighted by molar-refractivity contribution is 0.101. The van der Waals surface area contributed by atoms with Gasteiger partial charge in [0, 0.05) is 31.8 Å². The Bertz CT molecular complexity index is 932. The summed E-state index contributed by atoms with van der Waals surface area (Å²) < 4.78 is 21.4. The first kappa shape index (κ1) is 18.3. The van der Waals surface area contributed by atoms with E-state index in [1.165, 1.54) is 18.1 Å². The highest BCUT2D eigenvalue weighted by atomic mass is 16.6. The van der Waals surface area contributed by atoms with Crippen molar-refractivity contribution in [3.05, 3.63) is 53.3 Å². The fraction of sp³-hybridized carbons (Fsp3) is 0.200. The summed E-state index contributed by atoms with van der Waals surface area (Å²) in [5, 5.41) is 0. The van der Waals surface area contributed by atoms with E-state index in [0.29, 0.717) is 34.1 Å². The quantitative estimate of drug-likeness (QED) is 0.769. The number of carbonyl (C=O) groups excluding carboxylic acids is 2. The molecule has 2 aromatic carbocycles. The number of Topliss-reactive ketones (excluding diaryl/α,β-unsaturated/α-hetero) is 1. The lowest BCUT2D eigenvalue weighted by atomic mass is 10.1. The van der Waals surface area contributed by atoms with Crippen LogP contribution < -0.4 is 18.9 Å². The third-order valence-corrected chi connectivity index (χ3v) is 3.94. The predicted molar refractivity (Wildman–Crippen MR) is 98.6 cm³/mol. The van der Waals surface area contributed by atoms with E-state index < -0.39 is 6.09 Å². The van der Waals surface area contributed by atoms with Crippen molar-refractivity contribution in [2.24, 2.45) is 0 Å². The number of ether oxygens (including phenoxy) is 4. The fourth-order valence-corrected chi connectivity index (χ4v) is 2.50. The number of hydrogen-bond acceptors (Lipinski definition) is 6. The molecule has 1 heterocycles. The summed E-state index contributed by atoms with van der Waals surface area (Å²) in [5.41, 5.74) is 1.08. The highest BCUT2D eigenvalue weighted by Gasteiger charge is 2.28. The maximum absolute atomic E-state index is 12.6. The van der Waals surface area contributed by atoms with Crippen LogP contribution in [-0.2, 0) is 0 Å². The number of allylic oxidation sites excluding steroid dienone is 1. The molecule has 2 aromatic rings. The van der Waals surface area contributed by atoms with Crippen molar-refractivity contribution in [3.8, 4) is 23.0 Å². The van der Waals surface area contributed by atoms with Crippen LogP contribution in [0.2, 0.25) is 0 Å². The Labute approximate surface area is 156 Å². The van der Waals surface area contributed by atoms with Gasteiger partial charge in [0.05, 0.1) is 19.8 Å². The summed E-state index contributed by atoms with van der Waals surface area (Å²) in [7, 11) is 6.26. The minimum Gasteiger partial charge on any atom is -0.497 e. The number of fused-ring (bicyclic) bond motifs is 1. The topological polar surface area (TPSA) is 74.3 Å². The van der Waals surface area contributed by atoms with Crippen LogP contribution in [0.25, 0.3) is 6.08 Å². The van der Waals surface area contributed by atoms with Gasteiger partial charge < -0.3 is 23.8 Å². The number of benzene rings is 2. The first-order chi connectivity index (χ1) is 12.9. The molecule has 0 aromatic heterocycles. The summed E-state index contributed by atoms with van der Waals surface area (Å²) >= 11 is 0. The monoisotopic (exact) mass is 369 g/mol. The van der Waals surface area contributed by atoms with E-state index in [4.69, 9.17) is 18.9 Å². The zero-order chi connectivity index (χ0) is 19.6. The molecule has 0 saturated carbocycles. The molecule has 0 saturated heterocycles. The number of hydrogen-bond donors (Lipinski definition) is 0. The highest BCUT2D eigenvalue weighted by molar-refractivity contribution is 6.14. The van der Waals surface area contributed by atoms with E-state index in [1.54, 1.807) is 57.6 Å². The van der Waals surface area contributed by atoms with Crippen LogP contribution >= 0.6 is 0 Å². The molecule has 140 valence electrons. The van der Waals surface area contributed by atoms with Gasteiger partial charge >= 0.3 is 6.09 Å². The molecule has 27 heavy (non-hydrogen) atoms. The molecular weight excluding hydrogens is 350 g/mol. The first-order valence-electron chi connectivity index (χ1n) is 8.12. The van der Waals surface area contributed by atoms with Crippen molar-refractivity contribution >= 4 is 18.0 Å². The number of nitrogens with zero attached hydrogens (tertiary/aromatic N) is 1. The number of amides is 1. The lowest BCUT2D eigenvalue weighted by Gasteiger charge is -2.10. The molecule has 3 rings (SSSR count). The maximum atomic E-state index is 12.6. The summed E-state index contributed by atoms with van der Waals surface area (Å²) in [5.74, 6) is 1.72. The number of rotatable bonds is 4. The van der Waals surface area contributed by atoms with Crippen LogP contribution in [0.3, 0.4) is 0 Å². The molecule has 0 unspecified atom stereocenters. The summed E-state index contributed by atoms with van der Waals surface area (Å²) in [6.07, 6.45) is 1.09. The van der Waals surface area contributed by atoms with E-state index >= 15 is 0 Å². The molecular formula is C20H19NO6. The Morgan fingerprint density at radius 2 is 1.78 bits per heavy atom. The number of ketones is 1. The number of carbonyl (C=O) groups is 2. The molecule has 1 aliphatic heterocycles. The SMILES string of the molecule is COc1ccc(C=C2Oc3cc(OC(=O)N(C)C)ccc3C2=O)c(OC)c1. The zero-order valence-electron chi connectivity index (χ0n) is 15.4. The summed E-state index contributed by atoms with van der Waals surface area (Å²) in [6.45, 7) is 0. The van der Waals surface area contributed by atoms with Crippen LogP contribution in [0, 0.1) is 0 Å². The molecule has 7 nitrogen and oxygen atoms in total. The van der Waals surface area contributed by atoms with Gasteiger partial charge in [-0.25, -0.2) is 4.79 Å². The second kappa shape index (κ2) is 7.41. The second-order valence-corrected chi connectivity index (χ2v) is 5.97. The molecule has 1 aliphatic rings. The third kappa shape index (κ3) is 3.72. The van der Waals surface area contributed by atoms with Crippen molar-refractivity contribution in [2.75, 3.05) is 28.3 Å². The Morgan fingerprint density at radius 3 is 2.44 bits per heavy atom. The Hall–Kier alpha value is -3.48. The highest BCUT2D eigenvalue weighted by Crippen LogP contribution is 2.36. The molecule has 0 fully saturated rings. The van der Waals surface area contributed by atoms with Gasteiger partial charge in [-0.05, 0) is 30.3 Å². The minimum absolute atomic E-state index is 0.157. The van der Waals surface area contributed by atoms with Crippen LogP contribution in [0.15, 0.2) is 42.2 Å². The van der Waals surface area contributed by atoms with Crippen molar-refractivity contribution in [2.45, 2.75) is 0 Å². The zero-order valence-corrected chi connectivity index (χ0v) is 15.4. The Kier molecular flexibility index (Phi) is 5.03. The van der Waals surface area contributed by atoms with Gasteiger partial charge in [-0.2, -0.15) is 0 Å². The van der Waals surface area contributed by atoms with Crippen LogP contribution in [-0.4, -0.2) is 45.1 Å². The first-order valence-corrected chi connectivity index (χ1v) is 8.12. The molecule has 0 bridgehead atoms. The normalized spacial score (nSPS) is 13.8. The summed E-state index contributed by atoms with van der Waals surface area (Å²) in [6, 6.07) is 9.90. The Balaban J connectivity index is 1.88. The van der Waals surface area contributed by atoms with E-state index in [0.717, 1.165) is 0 Å². The van der Waals surface area contributed by atoms with Gasteiger partial charge in [-0.1, -0.05) is 0 Å². The molecule has 0 N–H and O–H groups in total. The van der Waals surface area contributed by atoms with Gasteiger partial charge in [0.2, 0.25) is 5.78 Å². The predicted octanol–water partition coefficient (Wildman–Crippen LogP) is 3.38. The molecule has 1 amide bonds. The van der Waals surface area contributed by atoms with E-state index in [1.807, 2.05) is 0 Å². The maximum Gasteiger partial charge on any atom is 0.414 e. The van der Waals surface area contributed by atoms with Crippen molar-refractivity contribution in [1.29, 1.82) is 0 Å². The van der Waals surface area contributed by atoms with Crippen molar-refractivity contribution in [3.63, 3.8) is 0 Å². The summed E-state index contributed by atoms with van der Waals surface area (Å²) in [4.78, 5) is 25.6. The molecule has 0 spiro atoms. The number of methoxy groups -OCH3 is 2. The van der Waals surface area contributed by atoms with Gasteiger partial charge in [0.1, 0.15) is 23.0 Å². The van der Waals surface area contributed by atoms with E-state index in [2.05, 4.69) is 0 Å². The average Bonchev–Trinajstić information content (AvgIpc) is 2.97. The molecule has 0 atom stereocenters. The molecule has 0 aliphatic carbocycles. The minimum atomic E-state index is -0.516. The van der Waals surface area contributed by atoms with E-state index in [-0.39, 0.29) is 11.5 Å². The van der Waals surface area contributed by atoms with Crippen molar-refractivity contribution in [1.82, 2.24) is 4.90 Å². The smallest absolute Gasteiger partial charge is 0.414 e. The Morgan fingerprint density at radius 1 is 1.04 bits per heavy atom. The lowest BCUT2D eigenvalue weighted by Crippen LogP contribution is -2.25. The third-order valence-electron chi connectivity index (χ3n) is 3.94. The fourth-order valence-electron chi connectivity index (χ4n) is 2.50. The van der Waals surface area contributed by atoms with Crippen LogP contribution in [0.5, 0.6) is 23.0 Å². The van der Waals surface area contributed by atoms with Crippen LogP contribution in [0.4, 0.5) is 4.79 Å².